The van der Waals surface area contributed by atoms with Crippen molar-refractivity contribution in [3.05, 3.63) is 34.6 Å². The SMILES string of the molecule is CNCC1CCN(Cc2ccc(F)cc2Cl)C1.Cl. The first-order chi connectivity index (χ1) is 8.19. The molecular weight excluding hydrogens is 274 g/mol. The average Bonchev–Trinajstić information content (AvgIpc) is 2.71. The Hall–Kier alpha value is -0.350. The minimum Gasteiger partial charge on any atom is -0.319 e. The molecule has 102 valence electrons. The molecule has 0 spiro atoms. The zero-order valence-corrected chi connectivity index (χ0v) is 12.0. The second-order valence-electron chi connectivity index (χ2n) is 4.68. The highest BCUT2D eigenvalue weighted by Crippen LogP contribution is 2.22. The summed E-state index contributed by atoms with van der Waals surface area (Å²) in [5.74, 6) is 0.451. The zero-order valence-electron chi connectivity index (χ0n) is 10.5. The summed E-state index contributed by atoms with van der Waals surface area (Å²) in [7, 11) is 1.99. The lowest BCUT2D eigenvalue weighted by molar-refractivity contribution is 0.315. The van der Waals surface area contributed by atoms with Gasteiger partial charge in [-0.1, -0.05) is 17.7 Å². The van der Waals surface area contributed by atoms with E-state index in [0.717, 1.165) is 37.7 Å². The molecule has 1 aromatic rings. The fraction of sp³-hybridized carbons (Fsp3) is 0.538. The predicted octanol–water partition coefficient (Wildman–Crippen LogP) is 2.94. The molecule has 1 atom stereocenters. The maximum absolute atomic E-state index is 12.9. The Morgan fingerprint density at radius 1 is 1.50 bits per heavy atom. The van der Waals surface area contributed by atoms with Crippen molar-refractivity contribution in [2.45, 2.75) is 13.0 Å². The van der Waals surface area contributed by atoms with Crippen LogP contribution in [-0.4, -0.2) is 31.6 Å². The molecule has 0 amide bonds. The van der Waals surface area contributed by atoms with Crippen molar-refractivity contribution in [3.8, 4) is 0 Å². The lowest BCUT2D eigenvalue weighted by atomic mass is 10.1. The van der Waals surface area contributed by atoms with Crippen LogP contribution < -0.4 is 5.32 Å². The van der Waals surface area contributed by atoms with E-state index >= 15 is 0 Å². The normalized spacial score (nSPS) is 19.8. The Labute approximate surface area is 119 Å². The molecule has 0 saturated carbocycles. The fourth-order valence-electron chi connectivity index (χ4n) is 2.40. The van der Waals surface area contributed by atoms with Crippen LogP contribution in [0.3, 0.4) is 0 Å². The highest BCUT2D eigenvalue weighted by atomic mass is 35.5. The van der Waals surface area contributed by atoms with Crippen molar-refractivity contribution in [1.29, 1.82) is 0 Å². The van der Waals surface area contributed by atoms with Crippen LogP contribution in [0, 0.1) is 11.7 Å². The first kappa shape index (κ1) is 15.7. The fourth-order valence-corrected chi connectivity index (χ4v) is 2.63. The second kappa shape index (κ2) is 7.29. The Morgan fingerprint density at radius 3 is 2.94 bits per heavy atom. The van der Waals surface area contributed by atoms with E-state index < -0.39 is 0 Å². The van der Waals surface area contributed by atoms with Crippen molar-refractivity contribution in [2.24, 2.45) is 5.92 Å². The van der Waals surface area contributed by atoms with Gasteiger partial charge in [-0.05, 0) is 50.2 Å². The molecule has 1 aliphatic rings. The number of hydrogen-bond donors (Lipinski definition) is 1. The number of rotatable bonds is 4. The number of likely N-dealkylation sites (tertiary alicyclic amines) is 1. The highest BCUT2D eigenvalue weighted by Gasteiger charge is 2.22. The topological polar surface area (TPSA) is 15.3 Å². The van der Waals surface area contributed by atoms with Gasteiger partial charge < -0.3 is 5.32 Å². The molecule has 0 aromatic heterocycles. The van der Waals surface area contributed by atoms with Crippen molar-refractivity contribution in [1.82, 2.24) is 10.2 Å². The standard InChI is InChI=1S/C13H18ClFN2.ClH/c1-16-7-10-4-5-17(8-10)9-11-2-3-12(15)6-13(11)14;/h2-3,6,10,16H,4-5,7-9H2,1H3;1H. The third-order valence-electron chi connectivity index (χ3n) is 3.27. The molecular formula is C13H19Cl2FN2. The molecule has 1 aromatic carbocycles. The monoisotopic (exact) mass is 292 g/mol. The van der Waals surface area contributed by atoms with Gasteiger partial charge in [0, 0.05) is 18.1 Å². The summed E-state index contributed by atoms with van der Waals surface area (Å²) in [6.45, 7) is 4.07. The van der Waals surface area contributed by atoms with E-state index in [4.69, 9.17) is 11.6 Å². The van der Waals surface area contributed by atoms with Gasteiger partial charge in [-0.15, -0.1) is 12.4 Å². The van der Waals surface area contributed by atoms with Crippen LogP contribution in [0.1, 0.15) is 12.0 Å². The first-order valence-electron chi connectivity index (χ1n) is 6.00. The van der Waals surface area contributed by atoms with Gasteiger partial charge in [-0.2, -0.15) is 0 Å². The molecule has 1 aliphatic heterocycles. The minimum atomic E-state index is -0.270. The maximum Gasteiger partial charge on any atom is 0.124 e. The van der Waals surface area contributed by atoms with Crippen molar-refractivity contribution >= 4 is 24.0 Å². The highest BCUT2D eigenvalue weighted by molar-refractivity contribution is 6.31. The van der Waals surface area contributed by atoms with Gasteiger partial charge in [0.25, 0.3) is 0 Å². The van der Waals surface area contributed by atoms with Crippen LogP contribution in [0.4, 0.5) is 4.39 Å². The molecule has 18 heavy (non-hydrogen) atoms. The van der Waals surface area contributed by atoms with Crippen LogP contribution in [0.5, 0.6) is 0 Å². The number of nitrogens with one attached hydrogen (secondary N) is 1. The molecule has 0 radical (unpaired) electrons. The van der Waals surface area contributed by atoms with Gasteiger partial charge in [0.05, 0.1) is 0 Å². The molecule has 5 heteroatoms. The summed E-state index contributed by atoms with van der Waals surface area (Å²) in [5, 5.41) is 3.74. The van der Waals surface area contributed by atoms with E-state index in [0.29, 0.717) is 5.02 Å². The summed E-state index contributed by atoms with van der Waals surface area (Å²) < 4.78 is 12.9. The summed E-state index contributed by atoms with van der Waals surface area (Å²) >= 11 is 6.03. The van der Waals surface area contributed by atoms with Gasteiger partial charge in [-0.25, -0.2) is 4.39 Å². The van der Waals surface area contributed by atoms with Gasteiger partial charge in [0.15, 0.2) is 0 Å². The first-order valence-corrected chi connectivity index (χ1v) is 6.37. The van der Waals surface area contributed by atoms with E-state index in [2.05, 4.69) is 10.2 Å². The summed E-state index contributed by atoms with van der Waals surface area (Å²) in [6.07, 6.45) is 1.22. The van der Waals surface area contributed by atoms with Crippen molar-refractivity contribution < 1.29 is 4.39 Å². The number of benzene rings is 1. The summed E-state index contributed by atoms with van der Waals surface area (Å²) in [5.41, 5.74) is 1.01. The Kier molecular flexibility index (Phi) is 6.36. The smallest absolute Gasteiger partial charge is 0.124 e. The predicted molar refractivity (Wildman–Crippen MR) is 76.0 cm³/mol. The third-order valence-corrected chi connectivity index (χ3v) is 3.62. The van der Waals surface area contributed by atoms with E-state index in [-0.39, 0.29) is 18.2 Å². The molecule has 0 bridgehead atoms. The largest absolute Gasteiger partial charge is 0.319 e. The van der Waals surface area contributed by atoms with Gasteiger partial charge in [0.1, 0.15) is 5.82 Å². The van der Waals surface area contributed by atoms with Crippen molar-refractivity contribution in [3.63, 3.8) is 0 Å². The average molecular weight is 293 g/mol. The van der Waals surface area contributed by atoms with Gasteiger partial charge in [0.2, 0.25) is 0 Å². The number of hydrogen-bond acceptors (Lipinski definition) is 2. The van der Waals surface area contributed by atoms with Crippen molar-refractivity contribution in [2.75, 3.05) is 26.7 Å². The molecule has 1 N–H and O–H groups in total. The van der Waals surface area contributed by atoms with E-state index in [1.54, 1.807) is 6.07 Å². The molecule has 0 aliphatic carbocycles. The lowest BCUT2D eigenvalue weighted by Gasteiger charge is -2.16. The molecule has 1 unspecified atom stereocenters. The summed E-state index contributed by atoms with van der Waals surface area (Å²) in [6, 6.07) is 4.64. The lowest BCUT2D eigenvalue weighted by Crippen LogP contribution is -2.24. The number of halogens is 3. The molecule has 2 nitrogen and oxygen atoms in total. The van der Waals surface area contributed by atoms with Crippen LogP contribution in [0.15, 0.2) is 18.2 Å². The van der Waals surface area contributed by atoms with E-state index in [9.17, 15) is 4.39 Å². The van der Waals surface area contributed by atoms with Gasteiger partial charge in [-0.3, -0.25) is 4.90 Å². The molecule has 1 heterocycles. The summed E-state index contributed by atoms with van der Waals surface area (Å²) in [4.78, 5) is 2.38. The van der Waals surface area contributed by atoms with Crippen LogP contribution in [0.2, 0.25) is 5.02 Å². The maximum atomic E-state index is 12.9. The van der Waals surface area contributed by atoms with E-state index in [1.165, 1.54) is 18.6 Å². The third kappa shape index (κ3) is 4.09. The van der Waals surface area contributed by atoms with Crippen LogP contribution in [-0.2, 0) is 6.54 Å². The molecule has 2 rings (SSSR count). The quantitative estimate of drug-likeness (QED) is 0.918. The molecule has 1 fully saturated rings. The Balaban J connectivity index is 0.00000162. The van der Waals surface area contributed by atoms with Gasteiger partial charge >= 0.3 is 0 Å². The van der Waals surface area contributed by atoms with E-state index in [1.807, 2.05) is 7.05 Å². The minimum absolute atomic E-state index is 0. The molecule has 1 saturated heterocycles. The van der Waals surface area contributed by atoms with Crippen LogP contribution >= 0.6 is 24.0 Å². The Morgan fingerprint density at radius 2 is 2.28 bits per heavy atom. The number of nitrogens with zero attached hydrogens (tertiary/aromatic N) is 1. The second-order valence-corrected chi connectivity index (χ2v) is 5.09. The Bertz CT molecular complexity index is 387. The zero-order chi connectivity index (χ0) is 12.3. The van der Waals surface area contributed by atoms with Crippen LogP contribution in [0.25, 0.3) is 0 Å².